The molecule has 1 unspecified atom stereocenters. The number of nitrogens with one attached hydrogen (secondary N) is 1. The molecule has 0 aliphatic heterocycles. The first-order chi connectivity index (χ1) is 9.17. The van der Waals surface area contributed by atoms with Crippen LogP contribution >= 0.6 is 0 Å². The van der Waals surface area contributed by atoms with Crippen LogP contribution in [0, 0.1) is 11.6 Å². The molecule has 1 aromatic heterocycles. The van der Waals surface area contributed by atoms with E-state index >= 15 is 0 Å². The van der Waals surface area contributed by atoms with Crippen LogP contribution in [0.1, 0.15) is 17.3 Å². The van der Waals surface area contributed by atoms with Crippen molar-refractivity contribution in [2.45, 2.75) is 6.04 Å². The summed E-state index contributed by atoms with van der Waals surface area (Å²) >= 11 is 0. The van der Waals surface area contributed by atoms with Crippen LogP contribution in [-0.2, 0) is 0 Å². The van der Waals surface area contributed by atoms with Crippen molar-refractivity contribution < 1.29 is 13.5 Å². The van der Waals surface area contributed by atoms with Crippen LogP contribution in [0.2, 0.25) is 0 Å². The van der Waals surface area contributed by atoms with E-state index in [1.165, 1.54) is 19.2 Å². The number of hydrogen-bond donors (Lipinski definition) is 1. The van der Waals surface area contributed by atoms with Gasteiger partial charge < -0.3 is 10.1 Å². The lowest BCUT2D eigenvalue weighted by molar-refractivity contribution is 0.382. The molecule has 2 rings (SSSR count). The summed E-state index contributed by atoms with van der Waals surface area (Å²) in [6.45, 7) is 0. The fraction of sp³-hybridized carbons (Fsp3) is 0.214. The Hall–Kier alpha value is -2.01. The maximum Gasteiger partial charge on any atom is 0.170 e. The van der Waals surface area contributed by atoms with Gasteiger partial charge in [-0.1, -0.05) is 12.1 Å². The van der Waals surface area contributed by atoms with Crippen molar-refractivity contribution in [3.63, 3.8) is 0 Å². The van der Waals surface area contributed by atoms with Gasteiger partial charge in [0.05, 0.1) is 25.0 Å². The lowest BCUT2D eigenvalue weighted by Gasteiger charge is -2.17. The quantitative estimate of drug-likeness (QED) is 0.922. The number of halogens is 2. The summed E-state index contributed by atoms with van der Waals surface area (Å²) in [6, 6.07) is 7.25. The number of nitrogens with zero attached hydrogens (tertiary/aromatic N) is 1. The van der Waals surface area contributed by atoms with Gasteiger partial charge in [-0.15, -0.1) is 0 Å². The van der Waals surface area contributed by atoms with Gasteiger partial charge in [-0.25, -0.2) is 8.78 Å². The summed E-state index contributed by atoms with van der Waals surface area (Å²) < 4.78 is 32.0. The third-order valence-electron chi connectivity index (χ3n) is 2.86. The highest BCUT2D eigenvalue weighted by atomic mass is 19.1. The van der Waals surface area contributed by atoms with Gasteiger partial charge in [-0.05, 0) is 25.2 Å². The Bertz CT molecular complexity index is 558. The third-order valence-corrected chi connectivity index (χ3v) is 2.86. The summed E-state index contributed by atoms with van der Waals surface area (Å²) in [7, 11) is 3.10. The van der Waals surface area contributed by atoms with Crippen LogP contribution in [0.25, 0.3) is 0 Å². The van der Waals surface area contributed by atoms with E-state index in [1.807, 2.05) is 0 Å². The molecule has 5 heteroatoms. The largest absolute Gasteiger partial charge is 0.494 e. The van der Waals surface area contributed by atoms with Crippen LogP contribution < -0.4 is 10.1 Å². The minimum absolute atomic E-state index is 0.167. The smallest absolute Gasteiger partial charge is 0.170 e. The van der Waals surface area contributed by atoms with Gasteiger partial charge in [0.25, 0.3) is 0 Å². The van der Waals surface area contributed by atoms with Gasteiger partial charge in [-0.2, -0.15) is 0 Å². The summed E-state index contributed by atoms with van der Waals surface area (Å²) in [5, 5.41) is 2.97. The molecule has 0 radical (unpaired) electrons. The fourth-order valence-corrected chi connectivity index (χ4v) is 1.93. The second-order valence-corrected chi connectivity index (χ2v) is 3.99. The number of pyridine rings is 1. The van der Waals surface area contributed by atoms with Gasteiger partial charge in [0.2, 0.25) is 0 Å². The molecule has 1 heterocycles. The van der Waals surface area contributed by atoms with Crippen LogP contribution in [-0.4, -0.2) is 19.1 Å². The lowest BCUT2D eigenvalue weighted by atomic mass is 10.0. The van der Waals surface area contributed by atoms with E-state index in [-0.39, 0.29) is 5.75 Å². The summed E-state index contributed by atoms with van der Waals surface area (Å²) in [5.41, 5.74) is 0.942. The normalized spacial score (nSPS) is 12.2. The summed E-state index contributed by atoms with van der Waals surface area (Å²) in [5.74, 6) is -0.708. The van der Waals surface area contributed by atoms with E-state index in [0.717, 1.165) is 6.20 Å². The number of methoxy groups -OCH3 is 1. The molecule has 0 aliphatic rings. The molecule has 2 aromatic rings. The topological polar surface area (TPSA) is 34.2 Å². The molecule has 0 saturated carbocycles. The van der Waals surface area contributed by atoms with E-state index in [2.05, 4.69) is 10.3 Å². The molecule has 0 saturated heterocycles. The molecule has 1 N–H and O–H groups in total. The Morgan fingerprint density at radius 1 is 1.21 bits per heavy atom. The number of aromatic nitrogens is 1. The molecule has 0 aliphatic carbocycles. The summed E-state index contributed by atoms with van der Waals surface area (Å²) in [6.07, 6.45) is 1.11. The summed E-state index contributed by atoms with van der Waals surface area (Å²) in [4.78, 5) is 3.98. The van der Waals surface area contributed by atoms with E-state index in [4.69, 9.17) is 4.74 Å². The van der Waals surface area contributed by atoms with E-state index in [0.29, 0.717) is 11.3 Å². The minimum atomic E-state index is -0.462. The Labute approximate surface area is 110 Å². The third kappa shape index (κ3) is 2.71. The van der Waals surface area contributed by atoms with Gasteiger partial charge >= 0.3 is 0 Å². The van der Waals surface area contributed by atoms with Crippen LogP contribution in [0.5, 0.6) is 5.75 Å². The molecule has 0 amide bonds. The first kappa shape index (κ1) is 13.4. The number of hydrogen-bond acceptors (Lipinski definition) is 3. The average Bonchev–Trinajstić information content (AvgIpc) is 2.43. The van der Waals surface area contributed by atoms with Crippen LogP contribution in [0.4, 0.5) is 8.78 Å². The Kier molecular flexibility index (Phi) is 4.06. The van der Waals surface area contributed by atoms with Gasteiger partial charge in [0.15, 0.2) is 11.6 Å². The highest BCUT2D eigenvalue weighted by Crippen LogP contribution is 2.28. The second-order valence-electron chi connectivity index (χ2n) is 3.99. The highest BCUT2D eigenvalue weighted by molar-refractivity contribution is 5.36. The van der Waals surface area contributed by atoms with Crippen LogP contribution in [0.15, 0.2) is 36.5 Å². The zero-order valence-corrected chi connectivity index (χ0v) is 10.7. The van der Waals surface area contributed by atoms with Crippen molar-refractivity contribution in [1.82, 2.24) is 10.3 Å². The van der Waals surface area contributed by atoms with Crippen LogP contribution in [0.3, 0.4) is 0 Å². The SMILES string of the molecule is CNC(c1ccc(F)cn1)c1cccc(OC)c1F. The molecule has 100 valence electrons. The molecular weight excluding hydrogens is 250 g/mol. The molecule has 0 bridgehead atoms. The Morgan fingerprint density at radius 2 is 2.00 bits per heavy atom. The highest BCUT2D eigenvalue weighted by Gasteiger charge is 2.19. The van der Waals surface area contributed by atoms with Crippen molar-refractivity contribution >= 4 is 0 Å². The molecule has 1 aromatic carbocycles. The first-order valence-electron chi connectivity index (χ1n) is 5.78. The van der Waals surface area contributed by atoms with E-state index in [1.54, 1.807) is 25.2 Å². The molecular formula is C14H14F2N2O. The number of ether oxygens (including phenoxy) is 1. The molecule has 3 nitrogen and oxygen atoms in total. The van der Waals surface area contributed by atoms with E-state index in [9.17, 15) is 8.78 Å². The maximum absolute atomic E-state index is 14.2. The van der Waals surface area contributed by atoms with Crippen molar-refractivity contribution in [3.05, 3.63) is 59.4 Å². The van der Waals surface area contributed by atoms with Crippen molar-refractivity contribution in [2.75, 3.05) is 14.2 Å². The molecule has 0 spiro atoms. The first-order valence-corrected chi connectivity index (χ1v) is 5.78. The van der Waals surface area contributed by atoms with Crippen molar-refractivity contribution in [2.24, 2.45) is 0 Å². The number of benzene rings is 1. The van der Waals surface area contributed by atoms with Gasteiger partial charge in [0.1, 0.15) is 5.82 Å². The average molecular weight is 264 g/mol. The fourth-order valence-electron chi connectivity index (χ4n) is 1.93. The second kappa shape index (κ2) is 5.75. The predicted molar refractivity (Wildman–Crippen MR) is 68.0 cm³/mol. The standard InChI is InChI=1S/C14H14F2N2O/c1-17-14(11-7-6-9(15)8-18-11)10-4-3-5-12(19-2)13(10)16/h3-8,14,17H,1-2H3. The molecule has 1 atom stereocenters. The van der Waals surface area contributed by atoms with Crippen molar-refractivity contribution in [1.29, 1.82) is 0 Å². The Morgan fingerprint density at radius 3 is 2.58 bits per heavy atom. The monoisotopic (exact) mass is 264 g/mol. The zero-order chi connectivity index (χ0) is 13.8. The maximum atomic E-state index is 14.2. The molecule has 0 fully saturated rings. The van der Waals surface area contributed by atoms with Crippen molar-refractivity contribution in [3.8, 4) is 5.75 Å². The molecule has 19 heavy (non-hydrogen) atoms. The Balaban J connectivity index is 2.45. The number of rotatable bonds is 4. The van der Waals surface area contributed by atoms with E-state index < -0.39 is 17.7 Å². The van der Waals surface area contributed by atoms with Gasteiger partial charge in [0, 0.05) is 5.56 Å². The minimum Gasteiger partial charge on any atom is -0.494 e. The predicted octanol–water partition coefficient (Wildman–Crippen LogP) is 2.68. The lowest BCUT2D eigenvalue weighted by Crippen LogP contribution is -2.20. The zero-order valence-electron chi connectivity index (χ0n) is 10.7. The van der Waals surface area contributed by atoms with Gasteiger partial charge in [-0.3, -0.25) is 4.98 Å².